The number of rotatable bonds is 5. The molecule has 3 rings (SSSR count). The Labute approximate surface area is 143 Å². The third kappa shape index (κ3) is 2.82. The van der Waals surface area contributed by atoms with Crippen LogP contribution in [-0.4, -0.2) is 45.0 Å². The number of carboxylic acids is 1. The van der Waals surface area contributed by atoms with Gasteiger partial charge in [0.1, 0.15) is 17.1 Å². The molecular formula is C17H16N2O4S. The first kappa shape index (κ1) is 16.3. The van der Waals surface area contributed by atoms with Crippen molar-refractivity contribution in [2.45, 2.75) is 17.8 Å². The molecule has 2 amide bonds. The zero-order valence-corrected chi connectivity index (χ0v) is 13.6. The summed E-state index contributed by atoms with van der Waals surface area (Å²) in [6, 6.07) is 8.54. The second kappa shape index (κ2) is 6.52. The van der Waals surface area contributed by atoms with Crippen LogP contribution >= 0.6 is 11.8 Å². The van der Waals surface area contributed by atoms with Crippen molar-refractivity contribution in [3.63, 3.8) is 0 Å². The van der Waals surface area contributed by atoms with Gasteiger partial charge < -0.3 is 10.4 Å². The van der Waals surface area contributed by atoms with E-state index in [0.717, 1.165) is 5.56 Å². The third-order valence-corrected chi connectivity index (χ3v) is 5.27. The average Bonchev–Trinajstić information content (AvgIpc) is 2.58. The minimum Gasteiger partial charge on any atom is -0.477 e. The molecule has 1 aromatic rings. The smallest absolute Gasteiger partial charge is 0.352 e. The molecule has 1 saturated heterocycles. The van der Waals surface area contributed by atoms with Gasteiger partial charge in [-0.1, -0.05) is 43.0 Å². The van der Waals surface area contributed by atoms with E-state index < -0.39 is 17.9 Å². The highest BCUT2D eigenvalue weighted by atomic mass is 32.2. The van der Waals surface area contributed by atoms with Gasteiger partial charge in [0.05, 0.1) is 6.42 Å². The van der Waals surface area contributed by atoms with Gasteiger partial charge in [-0.25, -0.2) is 4.79 Å². The third-order valence-electron chi connectivity index (χ3n) is 3.97. The quantitative estimate of drug-likeness (QED) is 0.783. The molecule has 1 aromatic carbocycles. The van der Waals surface area contributed by atoms with E-state index in [9.17, 15) is 19.5 Å². The minimum absolute atomic E-state index is 0.0349. The van der Waals surface area contributed by atoms with E-state index >= 15 is 0 Å². The molecule has 0 aromatic heterocycles. The van der Waals surface area contributed by atoms with Gasteiger partial charge in [-0.05, 0) is 11.1 Å². The SMILES string of the molecule is C=CC1=C(C(=O)O)N2C(=O)[C@@H](NC(=O)Cc3ccccc3)[C@@H]2SC1. The second-order valence-corrected chi connectivity index (χ2v) is 6.61. The van der Waals surface area contributed by atoms with Crippen LogP contribution in [0, 0.1) is 0 Å². The summed E-state index contributed by atoms with van der Waals surface area (Å²) in [5.41, 5.74) is 1.34. The average molecular weight is 344 g/mol. The number of allylic oxidation sites excluding steroid dienone is 1. The second-order valence-electron chi connectivity index (χ2n) is 5.50. The number of nitrogens with zero attached hydrogens (tertiary/aromatic N) is 1. The lowest BCUT2D eigenvalue weighted by molar-refractivity contribution is -0.150. The van der Waals surface area contributed by atoms with E-state index in [0.29, 0.717) is 11.3 Å². The predicted molar refractivity (Wildman–Crippen MR) is 90.0 cm³/mol. The topological polar surface area (TPSA) is 86.7 Å². The number of carboxylic acid groups (broad SMARTS) is 1. The summed E-state index contributed by atoms with van der Waals surface area (Å²) in [7, 11) is 0. The van der Waals surface area contributed by atoms with Crippen LogP contribution in [0.5, 0.6) is 0 Å². The van der Waals surface area contributed by atoms with Crippen LogP contribution in [0.4, 0.5) is 0 Å². The Morgan fingerprint density at radius 3 is 2.71 bits per heavy atom. The van der Waals surface area contributed by atoms with Gasteiger partial charge in [0.15, 0.2) is 0 Å². The number of hydrogen-bond donors (Lipinski definition) is 2. The molecular weight excluding hydrogens is 328 g/mol. The van der Waals surface area contributed by atoms with Crippen molar-refractivity contribution in [1.29, 1.82) is 0 Å². The van der Waals surface area contributed by atoms with Crippen molar-refractivity contribution in [3.05, 3.63) is 59.8 Å². The maximum Gasteiger partial charge on any atom is 0.352 e. The fourth-order valence-corrected chi connectivity index (χ4v) is 4.15. The minimum atomic E-state index is -1.15. The lowest BCUT2D eigenvalue weighted by atomic mass is 10.0. The number of nitrogens with one attached hydrogen (secondary N) is 1. The van der Waals surface area contributed by atoms with Gasteiger partial charge in [0.25, 0.3) is 5.91 Å². The predicted octanol–water partition coefficient (Wildman–Crippen LogP) is 1.15. The van der Waals surface area contributed by atoms with Crippen LogP contribution in [0.25, 0.3) is 0 Å². The van der Waals surface area contributed by atoms with Gasteiger partial charge in [-0.3, -0.25) is 14.5 Å². The number of amides is 2. The Kier molecular flexibility index (Phi) is 4.44. The monoisotopic (exact) mass is 344 g/mol. The molecule has 124 valence electrons. The van der Waals surface area contributed by atoms with E-state index in [1.54, 1.807) is 0 Å². The van der Waals surface area contributed by atoms with Crippen molar-refractivity contribution in [3.8, 4) is 0 Å². The summed E-state index contributed by atoms with van der Waals surface area (Å²) in [6.07, 6.45) is 1.64. The molecule has 1 fully saturated rings. The van der Waals surface area contributed by atoms with Gasteiger partial charge in [-0.2, -0.15) is 0 Å². The Balaban J connectivity index is 1.70. The molecule has 2 aliphatic rings. The van der Waals surface area contributed by atoms with Gasteiger partial charge in [0.2, 0.25) is 5.91 Å². The van der Waals surface area contributed by atoms with Gasteiger partial charge >= 0.3 is 5.97 Å². The molecule has 2 heterocycles. The number of benzene rings is 1. The van der Waals surface area contributed by atoms with Crippen LogP contribution < -0.4 is 5.32 Å². The van der Waals surface area contributed by atoms with Crippen LogP contribution in [0.15, 0.2) is 54.3 Å². The highest BCUT2D eigenvalue weighted by molar-refractivity contribution is 8.00. The fourth-order valence-electron chi connectivity index (χ4n) is 2.81. The molecule has 6 nitrogen and oxygen atoms in total. The number of β-lactam (4-membered cyclic amide) rings is 1. The Morgan fingerprint density at radius 2 is 2.08 bits per heavy atom. The summed E-state index contributed by atoms with van der Waals surface area (Å²) in [6.45, 7) is 3.60. The van der Waals surface area contributed by atoms with Gasteiger partial charge in [0, 0.05) is 5.75 Å². The van der Waals surface area contributed by atoms with Crippen LogP contribution in [0.1, 0.15) is 5.56 Å². The standard InChI is InChI=1S/C17H16N2O4S/c1-2-11-9-24-16-13(15(21)19(16)14(11)17(22)23)18-12(20)8-10-6-4-3-5-7-10/h2-7,13,16H,1,8-9H2,(H,18,20)(H,22,23)/t13-,16+/m1/s1. The molecule has 0 saturated carbocycles. The molecule has 24 heavy (non-hydrogen) atoms. The maximum absolute atomic E-state index is 12.3. The zero-order valence-electron chi connectivity index (χ0n) is 12.8. The number of carbonyl (C=O) groups is 3. The number of carbonyl (C=O) groups excluding carboxylic acids is 2. The lowest BCUT2D eigenvalue weighted by Gasteiger charge is -2.49. The summed E-state index contributed by atoms with van der Waals surface area (Å²) in [5.74, 6) is -1.36. The zero-order chi connectivity index (χ0) is 17.3. The van der Waals surface area contributed by atoms with Gasteiger partial charge in [-0.15, -0.1) is 11.8 Å². The summed E-state index contributed by atoms with van der Waals surface area (Å²) < 4.78 is 0. The molecule has 2 N–H and O–H groups in total. The highest BCUT2D eigenvalue weighted by Gasteiger charge is 2.53. The molecule has 0 radical (unpaired) electrons. The Bertz CT molecular complexity index is 744. The molecule has 0 bridgehead atoms. The first-order valence-corrected chi connectivity index (χ1v) is 8.44. The molecule has 0 unspecified atom stereocenters. The van der Waals surface area contributed by atoms with Crippen LogP contribution in [-0.2, 0) is 20.8 Å². The van der Waals surface area contributed by atoms with E-state index in [4.69, 9.17) is 0 Å². The first-order chi connectivity index (χ1) is 11.5. The van der Waals surface area contributed by atoms with E-state index in [2.05, 4.69) is 11.9 Å². The fraction of sp³-hybridized carbons (Fsp3) is 0.235. The largest absolute Gasteiger partial charge is 0.477 e. The van der Waals surface area contributed by atoms with E-state index in [-0.39, 0.29) is 23.4 Å². The highest BCUT2D eigenvalue weighted by Crippen LogP contribution is 2.40. The van der Waals surface area contributed by atoms with Crippen molar-refractivity contribution in [2.24, 2.45) is 0 Å². The molecule has 0 spiro atoms. The molecule has 7 heteroatoms. The molecule has 2 atom stereocenters. The van der Waals surface area contributed by atoms with E-state index in [1.165, 1.54) is 22.7 Å². The number of fused-ring (bicyclic) bond motifs is 1. The van der Waals surface area contributed by atoms with E-state index in [1.807, 2.05) is 30.3 Å². The Morgan fingerprint density at radius 1 is 1.38 bits per heavy atom. The van der Waals surface area contributed by atoms with Crippen LogP contribution in [0.3, 0.4) is 0 Å². The Hall–Kier alpha value is -2.54. The number of hydrogen-bond acceptors (Lipinski definition) is 4. The summed E-state index contributed by atoms with van der Waals surface area (Å²) >= 11 is 1.42. The molecule has 2 aliphatic heterocycles. The summed E-state index contributed by atoms with van der Waals surface area (Å²) in [5, 5.41) is 11.7. The molecule has 0 aliphatic carbocycles. The maximum atomic E-state index is 12.3. The lowest BCUT2D eigenvalue weighted by Crippen LogP contribution is -2.70. The summed E-state index contributed by atoms with van der Waals surface area (Å²) in [4.78, 5) is 37.1. The first-order valence-electron chi connectivity index (χ1n) is 7.39. The van der Waals surface area contributed by atoms with Crippen molar-refractivity contribution in [1.82, 2.24) is 10.2 Å². The number of thioether (sulfide) groups is 1. The normalized spacial score (nSPS) is 22.5. The van der Waals surface area contributed by atoms with Crippen LogP contribution in [0.2, 0.25) is 0 Å². The van der Waals surface area contributed by atoms with Crippen molar-refractivity contribution >= 4 is 29.5 Å². The van der Waals surface area contributed by atoms with Crippen molar-refractivity contribution < 1.29 is 19.5 Å². The number of aliphatic carboxylic acids is 1. The van der Waals surface area contributed by atoms with Crippen molar-refractivity contribution in [2.75, 3.05) is 5.75 Å².